The second-order valence-corrected chi connectivity index (χ2v) is 6.62. The topological polar surface area (TPSA) is 26.0 Å². The average Bonchev–Trinajstić information content (AvgIpc) is 2.71. The molecule has 1 aromatic rings. The van der Waals surface area contributed by atoms with Crippen molar-refractivity contribution in [2.24, 2.45) is 5.73 Å². The summed E-state index contributed by atoms with van der Waals surface area (Å²) in [5.41, 5.74) is 7.32. The van der Waals surface area contributed by atoms with E-state index in [-0.39, 0.29) is 0 Å². The number of halogens is 1. The van der Waals surface area contributed by atoms with Gasteiger partial charge in [-0.15, -0.1) is 0 Å². The SMILES string of the molecule is NCC1(Cc2ccc(Br)cc2)CCCS1. The van der Waals surface area contributed by atoms with Crippen LogP contribution >= 0.6 is 27.7 Å². The molecule has 0 aliphatic carbocycles. The van der Waals surface area contributed by atoms with E-state index < -0.39 is 0 Å². The van der Waals surface area contributed by atoms with E-state index in [2.05, 4.69) is 52.0 Å². The highest BCUT2D eigenvalue weighted by atomic mass is 79.9. The molecule has 82 valence electrons. The molecular formula is C12H16BrNS. The molecule has 2 rings (SSSR count). The van der Waals surface area contributed by atoms with Crippen molar-refractivity contribution in [3.63, 3.8) is 0 Å². The first-order valence-corrected chi connectivity index (χ1v) is 7.10. The summed E-state index contributed by atoms with van der Waals surface area (Å²) in [6.45, 7) is 0.799. The predicted octanol–water partition coefficient (Wildman–Crippen LogP) is 3.22. The molecule has 0 bridgehead atoms. The average molecular weight is 286 g/mol. The van der Waals surface area contributed by atoms with Crippen LogP contribution in [-0.2, 0) is 6.42 Å². The molecule has 0 spiro atoms. The highest BCUT2D eigenvalue weighted by Gasteiger charge is 2.33. The Morgan fingerprint density at radius 2 is 2.07 bits per heavy atom. The first-order valence-electron chi connectivity index (χ1n) is 5.33. The van der Waals surface area contributed by atoms with E-state index >= 15 is 0 Å². The van der Waals surface area contributed by atoms with Gasteiger partial charge < -0.3 is 5.73 Å². The third-order valence-electron chi connectivity index (χ3n) is 3.00. The molecule has 0 saturated carbocycles. The van der Waals surface area contributed by atoms with Crippen LogP contribution in [0.4, 0.5) is 0 Å². The van der Waals surface area contributed by atoms with Crippen LogP contribution in [0.1, 0.15) is 18.4 Å². The Hall–Kier alpha value is 0.01000. The van der Waals surface area contributed by atoms with Gasteiger partial charge in [0.05, 0.1) is 0 Å². The Labute approximate surface area is 104 Å². The van der Waals surface area contributed by atoms with Crippen molar-refractivity contribution in [3.8, 4) is 0 Å². The molecule has 1 fully saturated rings. The van der Waals surface area contributed by atoms with Crippen LogP contribution in [0.2, 0.25) is 0 Å². The lowest BCUT2D eigenvalue weighted by Crippen LogP contribution is -2.34. The molecule has 0 amide bonds. The summed E-state index contributed by atoms with van der Waals surface area (Å²) in [6.07, 6.45) is 3.70. The van der Waals surface area contributed by atoms with Gasteiger partial charge in [-0.25, -0.2) is 0 Å². The van der Waals surface area contributed by atoms with E-state index in [1.807, 2.05) is 0 Å². The van der Waals surface area contributed by atoms with Gasteiger partial charge in [-0.2, -0.15) is 11.8 Å². The van der Waals surface area contributed by atoms with Crippen molar-refractivity contribution < 1.29 is 0 Å². The normalized spacial score (nSPS) is 25.7. The first kappa shape index (κ1) is 11.5. The monoisotopic (exact) mass is 285 g/mol. The maximum atomic E-state index is 5.92. The second-order valence-electron chi connectivity index (χ2n) is 4.14. The summed E-state index contributed by atoms with van der Waals surface area (Å²) in [5, 5.41) is 0. The molecule has 1 unspecified atom stereocenters. The van der Waals surface area contributed by atoms with E-state index in [1.165, 1.54) is 24.2 Å². The number of thioether (sulfide) groups is 1. The standard InChI is InChI=1S/C12H16BrNS/c13-11-4-2-10(3-5-11)8-12(9-14)6-1-7-15-12/h2-5H,1,6-9,14H2. The summed E-state index contributed by atoms with van der Waals surface area (Å²) in [4.78, 5) is 0. The van der Waals surface area contributed by atoms with E-state index in [4.69, 9.17) is 5.73 Å². The van der Waals surface area contributed by atoms with Gasteiger partial charge in [-0.3, -0.25) is 0 Å². The Morgan fingerprint density at radius 3 is 2.60 bits per heavy atom. The van der Waals surface area contributed by atoms with Crippen LogP contribution in [0.15, 0.2) is 28.7 Å². The lowest BCUT2D eigenvalue weighted by atomic mass is 9.94. The molecule has 1 saturated heterocycles. The minimum atomic E-state index is 0.313. The van der Waals surface area contributed by atoms with Crippen LogP contribution in [-0.4, -0.2) is 17.0 Å². The largest absolute Gasteiger partial charge is 0.329 e. The molecule has 15 heavy (non-hydrogen) atoms. The molecule has 1 atom stereocenters. The molecular weight excluding hydrogens is 270 g/mol. The van der Waals surface area contributed by atoms with Crippen molar-refractivity contribution in [1.29, 1.82) is 0 Å². The number of benzene rings is 1. The highest BCUT2D eigenvalue weighted by molar-refractivity contribution is 9.10. The molecule has 1 heterocycles. The molecule has 0 radical (unpaired) electrons. The third-order valence-corrected chi connectivity index (χ3v) is 5.15. The van der Waals surface area contributed by atoms with Crippen LogP contribution in [0.25, 0.3) is 0 Å². The minimum Gasteiger partial charge on any atom is -0.329 e. The summed E-state index contributed by atoms with van der Waals surface area (Å²) >= 11 is 5.51. The Balaban J connectivity index is 2.09. The highest BCUT2D eigenvalue weighted by Crippen LogP contribution is 2.40. The number of nitrogens with two attached hydrogens (primary N) is 1. The van der Waals surface area contributed by atoms with Gasteiger partial charge in [0.25, 0.3) is 0 Å². The van der Waals surface area contributed by atoms with Crippen molar-refractivity contribution in [1.82, 2.24) is 0 Å². The lowest BCUT2D eigenvalue weighted by Gasteiger charge is -2.26. The van der Waals surface area contributed by atoms with Crippen molar-refractivity contribution in [3.05, 3.63) is 34.3 Å². The zero-order chi connectivity index (χ0) is 10.7. The van der Waals surface area contributed by atoms with Crippen LogP contribution < -0.4 is 5.73 Å². The second kappa shape index (κ2) is 4.89. The van der Waals surface area contributed by atoms with Gasteiger partial charge in [0.15, 0.2) is 0 Å². The number of hydrogen-bond donors (Lipinski definition) is 1. The smallest absolute Gasteiger partial charge is 0.0322 e. The van der Waals surface area contributed by atoms with E-state index in [0.717, 1.165) is 17.4 Å². The molecule has 1 aliphatic heterocycles. The van der Waals surface area contributed by atoms with E-state index in [9.17, 15) is 0 Å². The van der Waals surface area contributed by atoms with Gasteiger partial charge in [0.2, 0.25) is 0 Å². The maximum Gasteiger partial charge on any atom is 0.0322 e. The van der Waals surface area contributed by atoms with Crippen molar-refractivity contribution in [2.45, 2.75) is 24.0 Å². The molecule has 2 N–H and O–H groups in total. The summed E-state index contributed by atoms with van der Waals surface area (Å²) in [7, 11) is 0. The summed E-state index contributed by atoms with van der Waals surface area (Å²) in [5.74, 6) is 1.27. The first-order chi connectivity index (χ1) is 7.24. The van der Waals surface area contributed by atoms with Crippen molar-refractivity contribution in [2.75, 3.05) is 12.3 Å². The number of rotatable bonds is 3. The fourth-order valence-corrected chi connectivity index (χ4v) is 3.76. The molecule has 0 aromatic heterocycles. The Bertz CT molecular complexity index is 317. The van der Waals surface area contributed by atoms with Crippen molar-refractivity contribution >= 4 is 27.7 Å². The lowest BCUT2D eigenvalue weighted by molar-refractivity contribution is 0.565. The Kier molecular flexibility index (Phi) is 3.75. The van der Waals surface area contributed by atoms with E-state index in [1.54, 1.807) is 0 Å². The molecule has 1 aliphatic rings. The fourth-order valence-electron chi connectivity index (χ4n) is 2.10. The van der Waals surface area contributed by atoms with Crippen LogP contribution in [0.5, 0.6) is 0 Å². The summed E-state index contributed by atoms with van der Waals surface area (Å²) < 4.78 is 1.46. The molecule has 1 aromatic carbocycles. The third kappa shape index (κ3) is 2.77. The van der Waals surface area contributed by atoms with Gasteiger partial charge in [-0.05, 0) is 42.7 Å². The van der Waals surface area contributed by atoms with Gasteiger partial charge >= 0.3 is 0 Å². The fraction of sp³-hybridized carbons (Fsp3) is 0.500. The molecule has 3 heteroatoms. The summed E-state index contributed by atoms with van der Waals surface area (Å²) in [6, 6.07) is 8.61. The number of hydrogen-bond acceptors (Lipinski definition) is 2. The zero-order valence-electron chi connectivity index (χ0n) is 8.71. The zero-order valence-corrected chi connectivity index (χ0v) is 11.1. The van der Waals surface area contributed by atoms with Gasteiger partial charge in [-0.1, -0.05) is 28.1 Å². The van der Waals surface area contributed by atoms with Crippen LogP contribution in [0, 0.1) is 0 Å². The predicted molar refractivity (Wildman–Crippen MR) is 71.3 cm³/mol. The minimum absolute atomic E-state index is 0.313. The quantitative estimate of drug-likeness (QED) is 0.923. The molecule has 1 nitrogen and oxygen atoms in total. The maximum absolute atomic E-state index is 5.92. The van der Waals surface area contributed by atoms with Crippen LogP contribution in [0.3, 0.4) is 0 Å². The van der Waals surface area contributed by atoms with Gasteiger partial charge in [0, 0.05) is 15.8 Å². The van der Waals surface area contributed by atoms with Gasteiger partial charge in [0.1, 0.15) is 0 Å². The van der Waals surface area contributed by atoms with E-state index in [0.29, 0.717) is 4.75 Å². The Morgan fingerprint density at radius 1 is 1.33 bits per heavy atom.